The average Bonchev–Trinajstić information content (AvgIpc) is 3.44. The Morgan fingerprint density at radius 1 is 0.796 bits per heavy atom. The van der Waals surface area contributed by atoms with Crippen LogP contribution in [0.5, 0.6) is 5.75 Å². The molecule has 0 bridgehead atoms. The van der Waals surface area contributed by atoms with Crippen molar-refractivity contribution in [1.29, 1.82) is 0 Å². The summed E-state index contributed by atoms with van der Waals surface area (Å²) in [6, 6.07) is 16.3. The number of phenolic OH excluding ortho intramolecular Hbond substituents is 1. The van der Waals surface area contributed by atoms with E-state index in [2.05, 4.69) is 4.90 Å². The van der Waals surface area contributed by atoms with E-state index in [0.717, 1.165) is 35.8 Å². The van der Waals surface area contributed by atoms with E-state index in [1.165, 1.54) is 35.2 Å². The van der Waals surface area contributed by atoms with E-state index < -0.39 is 57.0 Å². The molecule has 2 aliphatic carbocycles. The minimum absolute atomic E-state index is 0.0635. The van der Waals surface area contributed by atoms with Crippen LogP contribution in [-0.2, 0) is 23.9 Å². The van der Waals surface area contributed by atoms with Gasteiger partial charge in [-0.3, -0.25) is 24.1 Å². The number of aromatic hydroxyl groups is 1. The molecule has 3 saturated heterocycles. The third kappa shape index (κ3) is 4.60. The van der Waals surface area contributed by atoms with Gasteiger partial charge in [0, 0.05) is 35.3 Å². The summed E-state index contributed by atoms with van der Waals surface area (Å²) in [6.07, 6.45) is 1.70. The molecule has 5 aliphatic rings. The monoisotopic (exact) mass is 723 g/mol. The number of phenols is 1. The molecule has 4 fully saturated rings. The van der Waals surface area contributed by atoms with Crippen molar-refractivity contribution in [1.82, 2.24) is 0 Å². The van der Waals surface area contributed by atoms with Crippen molar-refractivity contribution in [3.63, 3.8) is 0 Å². The highest BCUT2D eigenvalue weighted by Crippen LogP contribution is 2.66. The predicted octanol–water partition coefficient (Wildman–Crippen LogP) is 5.79. The fourth-order valence-electron chi connectivity index (χ4n) is 8.39. The number of nitrogens with zero attached hydrogens (tertiary/aromatic N) is 3. The Balaban J connectivity index is 1.22. The SMILES string of the molecule is O=C1[C@H]2[C@H](CC=C3[C@H]2C[C@@]2(Cl)C(=O)N(c4ccc(F)cc4)C(=O)[C@@]2(Cl)[C@H]3c2cc(Cl)ccc2O)C(=O)N1c1ccc(N2CCOCC2)cc1. The van der Waals surface area contributed by atoms with Crippen molar-refractivity contribution in [2.75, 3.05) is 41.0 Å². The molecule has 6 atom stereocenters. The molecule has 13 heteroatoms. The van der Waals surface area contributed by atoms with E-state index >= 15 is 0 Å². The van der Waals surface area contributed by atoms with Gasteiger partial charge in [-0.25, -0.2) is 9.29 Å². The van der Waals surface area contributed by atoms with Gasteiger partial charge in [0.1, 0.15) is 11.6 Å². The number of hydrogen-bond donors (Lipinski definition) is 1. The van der Waals surface area contributed by atoms with Crippen LogP contribution < -0.4 is 14.7 Å². The van der Waals surface area contributed by atoms with Gasteiger partial charge in [-0.2, -0.15) is 0 Å². The van der Waals surface area contributed by atoms with Crippen molar-refractivity contribution in [2.45, 2.75) is 28.5 Å². The van der Waals surface area contributed by atoms with Crippen LogP contribution in [0.3, 0.4) is 0 Å². The van der Waals surface area contributed by atoms with Crippen LogP contribution in [0.15, 0.2) is 78.4 Å². The van der Waals surface area contributed by atoms with Crippen molar-refractivity contribution in [2.24, 2.45) is 17.8 Å². The second-order valence-corrected chi connectivity index (χ2v) is 14.8. The maximum absolute atomic E-state index is 14.5. The number of fused-ring (bicyclic) bond motifs is 4. The molecule has 8 rings (SSSR count). The maximum Gasteiger partial charge on any atom is 0.258 e. The van der Waals surface area contributed by atoms with E-state index in [9.17, 15) is 28.7 Å². The highest BCUT2D eigenvalue weighted by atomic mass is 35.5. The zero-order valence-corrected chi connectivity index (χ0v) is 28.1. The second kappa shape index (κ2) is 11.6. The number of carbonyl (C=O) groups excluding carboxylic acids is 4. The zero-order valence-electron chi connectivity index (χ0n) is 25.8. The summed E-state index contributed by atoms with van der Waals surface area (Å²) in [5, 5.41) is 11.4. The quantitative estimate of drug-likeness (QED) is 0.206. The van der Waals surface area contributed by atoms with Crippen LogP contribution in [0.2, 0.25) is 5.02 Å². The number of rotatable bonds is 4. The van der Waals surface area contributed by atoms with Crippen LogP contribution in [-0.4, -0.2) is 64.8 Å². The van der Waals surface area contributed by atoms with Gasteiger partial charge in [-0.15, -0.1) is 23.2 Å². The van der Waals surface area contributed by atoms with Gasteiger partial charge in [0.15, 0.2) is 9.75 Å². The van der Waals surface area contributed by atoms with Crippen molar-refractivity contribution in [3.05, 3.63) is 94.8 Å². The Labute approximate surface area is 295 Å². The molecule has 0 aromatic heterocycles. The molecule has 1 N–H and O–H groups in total. The van der Waals surface area contributed by atoms with E-state index in [1.54, 1.807) is 18.2 Å². The topological polar surface area (TPSA) is 107 Å². The summed E-state index contributed by atoms with van der Waals surface area (Å²) < 4.78 is 19.3. The normalized spacial score (nSPS) is 31.1. The largest absolute Gasteiger partial charge is 0.508 e. The Hall–Kier alpha value is -3.96. The molecule has 1 saturated carbocycles. The van der Waals surface area contributed by atoms with Gasteiger partial charge >= 0.3 is 0 Å². The third-order valence-electron chi connectivity index (χ3n) is 10.7. The second-order valence-electron chi connectivity index (χ2n) is 13.1. The lowest BCUT2D eigenvalue weighted by atomic mass is 9.56. The number of benzene rings is 3. The van der Waals surface area contributed by atoms with Crippen LogP contribution in [0.1, 0.15) is 24.3 Å². The summed E-state index contributed by atoms with van der Waals surface area (Å²) in [7, 11) is 0. The smallest absolute Gasteiger partial charge is 0.258 e. The molecule has 3 aliphatic heterocycles. The molecule has 252 valence electrons. The average molecular weight is 725 g/mol. The minimum Gasteiger partial charge on any atom is -0.508 e. The molecule has 3 aromatic carbocycles. The molecule has 3 heterocycles. The van der Waals surface area contributed by atoms with Crippen LogP contribution >= 0.6 is 34.8 Å². The number of anilines is 3. The first-order valence-corrected chi connectivity index (χ1v) is 17.1. The first kappa shape index (κ1) is 32.3. The number of amides is 4. The molecule has 4 amide bonds. The Morgan fingerprint density at radius 3 is 2.12 bits per heavy atom. The lowest BCUT2D eigenvalue weighted by Crippen LogP contribution is -2.60. The maximum atomic E-state index is 14.5. The summed E-state index contributed by atoms with van der Waals surface area (Å²) in [6.45, 7) is 2.68. The summed E-state index contributed by atoms with van der Waals surface area (Å²) in [4.78, 5) is 57.1. The van der Waals surface area contributed by atoms with Gasteiger partial charge in [0.25, 0.3) is 11.8 Å². The number of ether oxygens (including phenoxy) is 1. The van der Waals surface area contributed by atoms with Crippen molar-refractivity contribution >= 4 is 75.5 Å². The number of imide groups is 2. The third-order valence-corrected chi connectivity index (χ3v) is 12.3. The van der Waals surface area contributed by atoms with Gasteiger partial charge in [0.2, 0.25) is 11.8 Å². The number of alkyl halides is 2. The number of carbonyl (C=O) groups is 4. The van der Waals surface area contributed by atoms with Crippen molar-refractivity contribution in [3.8, 4) is 5.75 Å². The summed E-state index contributed by atoms with van der Waals surface area (Å²) in [5.41, 5.74) is 2.09. The Morgan fingerprint density at radius 2 is 1.43 bits per heavy atom. The van der Waals surface area contributed by atoms with Gasteiger partial charge in [-0.1, -0.05) is 23.3 Å². The minimum atomic E-state index is -2.18. The van der Waals surface area contributed by atoms with Gasteiger partial charge in [-0.05, 0) is 85.5 Å². The number of allylic oxidation sites excluding steroid dienone is 2. The fourth-order valence-corrected chi connectivity index (χ4v) is 9.50. The van der Waals surface area contributed by atoms with E-state index in [1.807, 2.05) is 12.1 Å². The molecule has 3 aromatic rings. The van der Waals surface area contributed by atoms with Crippen LogP contribution in [0, 0.1) is 23.6 Å². The lowest BCUT2D eigenvalue weighted by molar-refractivity contribution is -0.125. The van der Waals surface area contributed by atoms with Gasteiger partial charge < -0.3 is 14.7 Å². The van der Waals surface area contributed by atoms with Crippen molar-refractivity contribution < 1.29 is 33.4 Å². The summed E-state index contributed by atoms with van der Waals surface area (Å²) in [5.74, 6) is -7.03. The standard InChI is InChI=1S/C36H29Cl3FN3O6/c37-19-1-12-28(44)26(17-19)30-24-10-11-25-29(32(46)42(31(25)45)22-8-6-21(7-9-22)41-13-15-49-16-14-41)27(24)18-35(38)33(47)43(34(48)36(30,35)39)23-4-2-20(40)3-5-23/h1-10,12,17,25,27,29-30,44H,11,13-16,18H2/t25-,27+,29-,30+,35+,36-/m0/s1. The first-order valence-electron chi connectivity index (χ1n) is 16.0. The Kier molecular flexibility index (Phi) is 7.60. The fraction of sp³-hybridized carbons (Fsp3) is 0.333. The molecule has 9 nitrogen and oxygen atoms in total. The molecule has 0 unspecified atom stereocenters. The first-order chi connectivity index (χ1) is 23.5. The highest BCUT2D eigenvalue weighted by molar-refractivity contribution is 6.58. The van der Waals surface area contributed by atoms with E-state index in [0.29, 0.717) is 24.5 Å². The van der Waals surface area contributed by atoms with E-state index in [-0.39, 0.29) is 40.8 Å². The summed E-state index contributed by atoms with van der Waals surface area (Å²) >= 11 is 21.1. The highest BCUT2D eigenvalue weighted by Gasteiger charge is 2.77. The lowest BCUT2D eigenvalue weighted by Gasteiger charge is -2.50. The van der Waals surface area contributed by atoms with Gasteiger partial charge in [0.05, 0.1) is 36.4 Å². The Bertz CT molecular complexity index is 1950. The molecule has 49 heavy (non-hydrogen) atoms. The molecule has 0 spiro atoms. The van der Waals surface area contributed by atoms with Crippen LogP contribution in [0.4, 0.5) is 21.5 Å². The number of halogens is 4. The van der Waals surface area contributed by atoms with Crippen LogP contribution in [0.25, 0.3) is 0 Å². The number of morpholine rings is 1. The number of hydrogen-bond acceptors (Lipinski definition) is 7. The predicted molar refractivity (Wildman–Crippen MR) is 182 cm³/mol. The zero-order chi connectivity index (χ0) is 34.4. The molecule has 0 radical (unpaired) electrons. The molecular weight excluding hydrogens is 696 g/mol. The van der Waals surface area contributed by atoms with E-state index in [4.69, 9.17) is 39.5 Å². The molecular formula is C36H29Cl3FN3O6.